The van der Waals surface area contributed by atoms with Gasteiger partial charge in [-0.15, -0.1) is 0 Å². The Balaban J connectivity index is 3.01. The lowest BCUT2D eigenvalue weighted by atomic mass is 10.2. The van der Waals surface area contributed by atoms with E-state index in [0.29, 0.717) is 5.75 Å². The molecule has 0 radical (unpaired) electrons. The van der Waals surface area contributed by atoms with E-state index < -0.39 is 20.7 Å². The largest absolute Gasteiger partial charge is 0.313 e. The molecule has 4 nitrogen and oxygen atoms in total. The molecule has 0 aliphatic rings. The average Bonchev–Trinajstić information content (AvgIpc) is 2.42. The molecule has 120 valence electrons. The third kappa shape index (κ3) is 5.75. The van der Waals surface area contributed by atoms with Crippen molar-refractivity contribution in [3.05, 3.63) is 28.5 Å². The molecule has 0 amide bonds. The molecule has 0 fully saturated rings. The molecule has 0 aliphatic heterocycles. The minimum atomic E-state index is -3.89. The van der Waals surface area contributed by atoms with Crippen LogP contribution in [0.1, 0.15) is 18.9 Å². The molecular weight excluding hydrogens is 335 g/mol. The van der Waals surface area contributed by atoms with Crippen molar-refractivity contribution in [1.82, 2.24) is 10.0 Å². The molecule has 0 heterocycles. The van der Waals surface area contributed by atoms with E-state index in [9.17, 15) is 12.8 Å². The minimum Gasteiger partial charge on any atom is -0.313 e. The van der Waals surface area contributed by atoms with Crippen molar-refractivity contribution in [1.29, 1.82) is 0 Å². The monoisotopic (exact) mass is 354 g/mol. The van der Waals surface area contributed by atoms with Crippen molar-refractivity contribution in [2.75, 3.05) is 25.1 Å². The van der Waals surface area contributed by atoms with Crippen molar-refractivity contribution >= 4 is 33.4 Å². The number of nitrogens with one attached hydrogen (secondary N) is 2. The number of halogens is 2. The Morgan fingerprint density at radius 2 is 2.05 bits per heavy atom. The Morgan fingerprint density at radius 1 is 1.33 bits per heavy atom. The summed E-state index contributed by atoms with van der Waals surface area (Å²) in [5, 5.41) is 3.24. The molecule has 8 heteroatoms. The highest BCUT2D eigenvalue weighted by atomic mass is 35.5. The molecule has 1 aromatic carbocycles. The maximum atomic E-state index is 14.4. The van der Waals surface area contributed by atoms with Gasteiger partial charge in [-0.2, -0.15) is 11.8 Å². The first-order valence-corrected chi connectivity index (χ1v) is 9.85. The molecule has 0 aromatic heterocycles. The van der Waals surface area contributed by atoms with Crippen molar-refractivity contribution in [2.24, 2.45) is 0 Å². The number of hydrogen-bond acceptors (Lipinski definition) is 4. The lowest BCUT2D eigenvalue weighted by Crippen LogP contribution is -2.27. The van der Waals surface area contributed by atoms with Crippen molar-refractivity contribution in [2.45, 2.75) is 24.8 Å². The molecule has 0 saturated heterocycles. The fourth-order valence-corrected chi connectivity index (χ4v) is 3.61. The van der Waals surface area contributed by atoms with E-state index in [1.807, 2.05) is 13.2 Å². The second-order valence-electron chi connectivity index (χ2n) is 4.44. The van der Waals surface area contributed by atoms with E-state index in [0.717, 1.165) is 19.0 Å². The first kappa shape index (κ1) is 18.7. The third-order valence-electron chi connectivity index (χ3n) is 2.71. The summed E-state index contributed by atoms with van der Waals surface area (Å²) in [5.41, 5.74) is 0.251. The van der Waals surface area contributed by atoms with Crippen LogP contribution in [0.25, 0.3) is 0 Å². The number of sulfonamides is 1. The van der Waals surface area contributed by atoms with Gasteiger partial charge in [0.05, 0.1) is 0 Å². The van der Waals surface area contributed by atoms with Gasteiger partial charge in [0.1, 0.15) is 10.7 Å². The van der Waals surface area contributed by atoms with Crippen LogP contribution in [0.5, 0.6) is 0 Å². The SMILES string of the molecule is CCCNCc1cc(Cl)cc(S(=O)(=O)NCCSC)c1F. The number of hydrogen-bond donors (Lipinski definition) is 2. The predicted octanol–water partition coefficient (Wildman–Crippen LogP) is 2.62. The summed E-state index contributed by atoms with van der Waals surface area (Å²) in [6.45, 7) is 3.21. The summed E-state index contributed by atoms with van der Waals surface area (Å²) in [5.74, 6) is -0.133. The van der Waals surface area contributed by atoms with Gasteiger partial charge in [0.15, 0.2) is 0 Å². The van der Waals surface area contributed by atoms with Crippen LogP contribution >= 0.6 is 23.4 Å². The zero-order valence-electron chi connectivity index (χ0n) is 12.1. The number of rotatable bonds is 9. The Morgan fingerprint density at radius 3 is 2.67 bits per heavy atom. The van der Waals surface area contributed by atoms with E-state index in [-0.39, 0.29) is 23.7 Å². The summed E-state index contributed by atoms with van der Waals surface area (Å²) < 4.78 is 41.0. The van der Waals surface area contributed by atoms with Crippen LogP contribution in [0.15, 0.2) is 17.0 Å². The standard InChI is InChI=1S/C13H20ClFN2O2S2/c1-3-4-16-9-10-7-11(14)8-12(13(10)15)21(18,19)17-5-6-20-2/h7-8,16-17H,3-6,9H2,1-2H3. The van der Waals surface area contributed by atoms with Crippen LogP contribution in [0, 0.1) is 5.82 Å². The van der Waals surface area contributed by atoms with E-state index in [1.165, 1.54) is 17.8 Å². The lowest BCUT2D eigenvalue weighted by molar-refractivity contribution is 0.542. The summed E-state index contributed by atoms with van der Waals surface area (Å²) in [6, 6.07) is 2.59. The molecule has 21 heavy (non-hydrogen) atoms. The average molecular weight is 355 g/mol. The highest BCUT2D eigenvalue weighted by molar-refractivity contribution is 7.98. The Labute approximate surface area is 134 Å². The van der Waals surface area contributed by atoms with Gasteiger partial charge < -0.3 is 5.32 Å². The smallest absolute Gasteiger partial charge is 0.243 e. The minimum absolute atomic E-state index is 0.204. The van der Waals surface area contributed by atoms with Gasteiger partial charge in [0, 0.05) is 29.4 Å². The summed E-state index contributed by atoms with van der Waals surface area (Å²) in [7, 11) is -3.89. The van der Waals surface area contributed by atoms with Gasteiger partial charge in [-0.1, -0.05) is 18.5 Å². The molecule has 0 atom stereocenters. The predicted molar refractivity (Wildman–Crippen MR) is 87.0 cm³/mol. The third-order valence-corrected chi connectivity index (χ3v) is 5.00. The normalized spacial score (nSPS) is 11.8. The van der Waals surface area contributed by atoms with Crippen LogP contribution in [-0.2, 0) is 16.6 Å². The zero-order valence-corrected chi connectivity index (χ0v) is 14.5. The molecule has 0 aliphatic carbocycles. The lowest BCUT2D eigenvalue weighted by Gasteiger charge is -2.11. The molecule has 0 saturated carbocycles. The maximum absolute atomic E-state index is 14.4. The van der Waals surface area contributed by atoms with Crippen molar-refractivity contribution < 1.29 is 12.8 Å². The van der Waals surface area contributed by atoms with E-state index in [1.54, 1.807) is 0 Å². The fraction of sp³-hybridized carbons (Fsp3) is 0.538. The zero-order chi connectivity index (χ0) is 15.9. The first-order valence-electron chi connectivity index (χ1n) is 6.59. The summed E-state index contributed by atoms with van der Waals surface area (Å²) in [6.07, 6.45) is 2.77. The van der Waals surface area contributed by atoms with Crippen LogP contribution in [0.4, 0.5) is 4.39 Å². The van der Waals surface area contributed by atoms with E-state index >= 15 is 0 Å². The van der Waals surface area contributed by atoms with Gasteiger partial charge >= 0.3 is 0 Å². The molecule has 0 spiro atoms. The summed E-state index contributed by atoms with van der Waals surface area (Å²) >= 11 is 7.42. The molecule has 2 N–H and O–H groups in total. The molecule has 0 unspecified atom stereocenters. The van der Waals surface area contributed by atoms with Crippen molar-refractivity contribution in [3.63, 3.8) is 0 Å². The second kappa shape index (κ2) is 8.95. The second-order valence-corrected chi connectivity index (χ2v) is 7.60. The quantitative estimate of drug-likeness (QED) is 0.669. The first-order chi connectivity index (χ1) is 9.92. The van der Waals surface area contributed by atoms with Crippen molar-refractivity contribution in [3.8, 4) is 0 Å². The fourth-order valence-electron chi connectivity index (χ4n) is 1.70. The van der Waals surface area contributed by atoms with Crippen LogP contribution in [0.2, 0.25) is 5.02 Å². The highest BCUT2D eigenvalue weighted by Crippen LogP contribution is 2.23. The molecule has 1 rings (SSSR count). The molecular formula is C13H20ClFN2O2S2. The van der Waals surface area contributed by atoms with Gasteiger partial charge in [-0.25, -0.2) is 17.5 Å². The Bertz CT molecular complexity index is 568. The van der Waals surface area contributed by atoms with Crippen LogP contribution in [-0.4, -0.2) is 33.5 Å². The molecule has 0 bridgehead atoms. The Kier molecular flexibility index (Phi) is 7.97. The van der Waals surface area contributed by atoms with Gasteiger partial charge in [0.2, 0.25) is 10.0 Å². The van der Waals surface area contributed by atoms with E-state index in [2.05, 4.69) is 10.0 Å². The van der Waals surface area contributed by atoms with Crippen LogP contribution < -0.4 is 10.0 Å². The number of benzene rings is 1. The van der Waals surface area contributed by atoms with Gasteiger partial charge in [0.25, 0.3) is 0 Å². The Hall–Kier alpha value is -0.340. The highest BCUT2D eigenvalue weighted by Gasteiger charge is 2.22. The van der Waals surface area contributed by atoms with Gasteiger partial charge in [-0.3, -0.25) is 0 Å². The maximum Gasteiger partial charge on any atom is 0.243 e. The number of thioether (sulfide) groups is 1. The topological polar surface area (TPSA) is 58.2 Å². The van der Waals surface area contributed by atoms with Crippen LogP contribution in [0.3, 0.4) is 0 Å². The van der Waals surface area contributed by atoms with E-state index in [4.69, 9.17) is 11.6 Å². The molecule has 1 aromatic rings. The summed E-state index contributed by atoms with van der Waals surface area (Å²) in [4.78, 5) is -0.399. The van der Waals surface area contributed by atoms with Gasteiger partial charge in [-0.05, 0) is 31.4 Å².